The second-order valence-corrected chi connectivity index (χ2v) is 5.73. The van der Waals surface area contributed by atoms with Crippen LogP contribution in [0.15, 0.2) is 41.6 Å². The first kappa shape index (κ1) is 16.2. The minimum Gasteiger partial charge on any atom is -0.477 e. The highest BCUT2D eigenvalue weighted by molar-refractivity contribution is 6.06. The van der Waals surface area contributed by atoms with Crippen LogP contribution >= 0.6 is 0 Å². The zero-order chi connectivity index (χ0) is 17.3. The number of benzene rings is 1. The molecule has 4 N–H and O–H groups in total. The van der Waals surface area contributed by atoms with Crippen molar-refractivity contribution in [2.24, 2.45) is 5.73 Å². The van der Waals surface area contributed by atoms with Crippen LogP contribution in [-0.4, -0.2) is 58.6 Å². The Balaban J connectivity index is 1.70. The van der Waals surface area contributed by atoms with Gasteiger partial charge in [0.25, 0.3) is 11.8 Å². The van der Waals surface area contributed by atoms with E-state index in [1.54, 1.807) is 0 Å². The van der Waals surface area contributed by atoms with Crippen molar-refractivity contribution in [3.8, 4) is 0 Å². The van der Waals surface area contributed by atoms with Crippen molar-refractivity contribution in [3.05, 3.63) is 47.2 Å². The number of nitrogens with one attached hydrogen (secondary N) is 1. The van der Waals surface area contributed by atoms with Crippen molar-refractivity contribution in [1.29, 1.82) is 0 Å². The fourth-order valence-electron chi connectivity index (χ4n) is 2.93. The van der Waals surface area contributed by atoms with Gasteiger partial charge in [-0.1, -0.05) is 30.3 Å². The lowest BCUT2D eigenvalue weighted by molar-refractivity contribution is -0.143. The Labute approximate surface area is 138 Å². The molecule has 1 aromatic carbocycles. The Morgan fingerprint density at radius 1 is 1.29 bits per heavy atom. The molecule has 2 heterocycles. The molecule has 8 nitrogen and oxygen atoms in total. The Kier molecular flexibility index (Phi) is 4.32. The molecular weight excluding hydrogens is 312 g/mol. The van der Waals surface area contributed by atoms with E-state index in [9.17, 15) is 19.5 Å². The summed E-state index contributed by atoms with van der Waals surface area (Å²) < 4.78 is 0. The van der Waals surface area contributed by atoms with Gasteiger partial charge in [-0.2, -0.15) is 0 Å². The van der Waals surface area contributed by atoms with Gasteiger partial charge in [-0.15, -0.1) is 0 Å². The van der Waals surface area contributed by atoms with Gasteiger partial charge in [-0.05, 0) is 12.0 Å². The van der Waals surface area contributed by atoms with Gasteiger partial charge >= 0.3 is 5.97 Å². The summed E-state index contributed by atoms with van der Waals surface area (Å²) in [6.07, 6.45) is 0.638. The normalized spacial score (nSPS) is 20.5. The molecule has 2 aliphatic rings. The van der Waals surface area contributed by atoms with Crippen molar-refractivity contribution >= 4 is 17.8 Å². The molecule has 8 heteroatoms. The van der Waals surface area contributed by atoms with E-state index in [2.05, 4.69) is 5.32 Å². The van der Waals surface area contributed by atoms with Crippen molar-refractivity contribution in [1.82, 2.24) is 15.3 Å². The maximum absolute atomic E-state index is 12.3. The predicted molar refractivity (Wildman–Crippen MR) is 84.2 cm³/mol. The summed E-state index contributed by atoms with van der Waals surface area (Å²) in [6.45, 7) is 0.654. The van der Waals surface area contributed by atoms with E-state index in [1.165, 1.54) is 5.01 Å². The number of amides is 2. The molecule has 0 aromatic heterocycles. The zero-order valence-electron chi connectivity index (χ0n) is 12.9. The lowest BCUT2D eigenvalue weighted by Crippen LogP contribution is -2.37. The lowest BCUT2D eigenvalue weighted by atomic mass is 10.1. The summed E-state index contributed by atoms with van der Waals surface area (Å²) in [4.78, 5) is 35.8. The third kappa shape index (κ3) is 2.89. The molecule has 0 bridgehead atoms. The monoisotopic (exact) mass is 330 g/mol. The van der Waals surface area contributed by atoms with Crippen LogP contribution in [-0.2, 0) is 20.8 Å². The molecule has 2 aliphatic heterocycles. The van der Waals surface area contributed by atoms with E-state index in [-0.39, 0.29) is 24.4 Å². The molecule has 0 saturated carbocycles. The Morgan fingerprint density at radius 2 is 2.00 bits per heavy atom. The number of aliphatic carboxylic acids is 1. The number of carbonyl (C=O) groups excluding carboxylic acids is 2. The molecule has 0 unspecified atom stereocenters. The van der Waals surface area contributed by atoms with Crippen LogP contribution in [0, 0.1) is 0 Å². The molecule has 1 saturated heterocycles. The number of carboxylic acids is 1. The number of hydrogen-bond acceptors (Lipinski definition) is 5. The van der Waals surface area contributed by atoms with Gasteiger partial charge in [0.15, 0.2) is 5.70 Å². The first-order chi connectivity index (χ1) is 11.5. The van der Waals surface area contributed by atoms with Crippen LogP contribution in [0.25, 0.3) is 0 Å². The maximum atomic E-state index is 12.3. The number of carbonyl (C=O) groups is 3. The summed E-state index contributed by atoms with van der Waals surface area (Å²) in [6, 6.07) is 8.87. The second-order valence-electron chi connectivity index (χ2n) is 5.73. The number of nitrogens with two attached hydrogens (primary N) is 1. The highest BCUT2D eigenvalue weighted by Gasteiger charge is 2.47. The van der Waals surface area contributed by atoms with Gasteiger partial charge in [-0.25, -0.2) is 14.8 Å². The van der Waals surface area contributed by atoms with Crippen LogP contribution < -0.4 is 11.1 Å². The van der Waals surface area contributed by atoms with E-state index in [0.29, 0.717) is 13.0 Å². The van der Waals surface area contributed by atoms with E-state index in [4.69, 9.17) is 5.73 Å². The smallest absolute Gasteiger partial charge is 0.354 e. The number of nitrogens with zero attached hydrogens (tertiary/aromatic N) is 2. The molecule has 0 radical (unpaired) electrons. The summed E-state index contributed by atoms with van der Waals surface area (Å²) in [5, 5.41) is 14.6. The molecule has 0 spiro atoms. The highest BCUT2D eigenvalue weighted by Crippen LogP contribution is 2.28. The van der Waals surface area contributed by atoms with E-state index >= 15 is 0 Å². The molecule has 1 atom stereocenters. The van der Waals surface area contributed by atoms with Crippen molar-refractivity contribution < 1.29 is 19.5 Å². The van der Waals surface area contributed by atoms with Gasteiger partial charge in [0.05, 0.1) is 12.1 Å². The molecule has 1 aromatic rings. The van der Waals surface area contributed by atoms with Crippen LogP contribution in [0.1, 0.15) is 5.56 Å². The van der Waals surface area contributed by atoms with Gasteiger partial charge in [0, 0.05) is 13.1 Å². The number of carboxylic acid groups (broad SMARTS) is 1. The number of hydrogen-bond donors (Lipinski definition) is 3. The summed E-state index contributed by atoms with van der Waals surface area (Å²) in [5.41, 5.74) is 6.50. The van der Waals surface area contributed by atoms with E-state index < -0.39 is 23.8 Å². The Hall–Kier alpha value is -2.71. The minimum absolute atomic E-state index is 0.0677. The van der Waals surface area contributed by atoms with Crippen molar-refractivity contribution in [2.75, 3.05) is 19.6 Å². The number of fused-ring (bicyclic) bond motifs is 1. The predicted octanol–water partition coefficient (Wildman–Crippen LogP) is -0.916. The fourth-order valence-corrected chi connectivity index (χ4v) is 2.93. The van der Waals surface area contributed by atoms with Crippen LogP contribution in [0.4, 0.5) is 0 Å². The fraction of sp³-hybridized carbons (Fsp3) is 0.312. The highest BCUT2D eigenvalue weighted by atomic mass is 16.4. The Morgan fingerprint density at radius 3 is 2.67 bits per heavy atom. The minimum atomic E-state index is -1.31. The topological polar surface area (TPSA) is 116 Å². The van der Waals surface area contributed by atoms with Gasteiger partial charge in [0.2, 0.25) is 0 Å². The molecule has 2 amide bonds. The summed E-state index contributed by atoms with van der Waals surface area (Å²) in [7, 11) is 0. The zero-order valence-corrected chi connectivity index (χ0v) is 12.9. The number of rotatable bonds is 5. The van der Waals surface area contributed by atoms with Crippen LogP contribution in [0.5, 0.6) is 0 Å². The third-order valence-corrected chi connectivity index (χ3v) is 4.07. The van der Waals surface area contributed by atoms with Crippen LogP contribution in [0.3, 0.4) is 0 Å². The Bertz CT molecular complexity index is 716. The first-order valence-corrected chi connectivity index (χ1v) is 7.62. The summed E-state index contributed by atoms with van der Waals surface area (Å²) >= 11 is 0. The average Bonchev–Trinajstić information content (AvgIpc) is 3.06. The third-order valence-electron chi connectivity index (χ3n) is 4.07. The maximum Gasteiger partial charge on any atom is 0.354 e. The van der Waals surface area contributed by atoms with Gasteiger partial charge < -0.3 is 16.2 Å². The van der Waals surface area contributed by atoms with E-state index in [0.717, 1.165) is 10.6 Å². The molecule has 126 valence electrons. The van der Waals surface area contributed by atoms with Gasteiger partial charge in [0.1, 0.15) is 6.04 Å². The first-order valence-electron chi connectivity index (χ1n) is 7.62. The molecule has 1 fully saturated rings. The number of hydrazine groups is 1. The standard InChI is InChI=1S/C16H18N4O4/c17-12-9-19-8-11(13(16(23)24)20(19)15(12)22)14(21)18-7-6-10-4-2-1-3-5-10/h1-5,12H,6-9,17H2,(H,18,21)(H,23,24)/t12-/m0/s1. The second kappa shape index (κ2) is 6.42. The summed E-state index contributed by atoms with van der Waals surface area (Å²) in [5.74, 6) is -2.29. The lowest BCUT2D eigenvalue weighted by Gasteiger charge is -2.19. The van der Waals surface area contributed by atoms with Crippen molar-refractivity contribution in [3.63, 3.8) is 0 Å². The largest absolute Gasteiger partial charge is 0.477 e. The van der Waals surface area contributed by atoms with Crippen molar-refractivity contribution in [2.45, 2.75) is 12.5 Å². The van der Waals surface area contributed by atoms with Gasteiger partial charge in [-0.3, -0.25) is 9.59 Å². The quantitative estimate of drug-likeness (QED) is 0.643. The molecular formula is C16H18N4O4. The SMILES string of the molecule is N[C@H]1CN2CC(C(=O)NCCc3ccccc3)=C(C(=O)O)N2C1=O. The van der Waals surface area contributed by atoms with Crippen LogP contribution in [0.2, 0.25) is 0 Å². The molecule has 3 rings (SSSR count). The average molecular weight is 330 g/mol. The molecule has 0 aliphatic carbocycles. The molecule has 24 heavy (non-hydrogen) atoms. The van der Waals surface area contributed by atoms with E-state index in [1.807, 2.05) is 30.3 Å².